The van der Waals surface area contributed by atoms with Gasteiger partial charge in [-0.15, -0.1) is 0 Å². The average molecular weight is 281 g/mol. The van der Waals surface area contributed by atoms with Crippen LogP contribution in [0.25, 0.3) is 0 Å². The standard InChI is InChI=1S/C12H19N3O3Si/c1-4-16-19(17-5-2,18-6-3)8-7-12(9-13,10-14)11-15/h4-8H2,1-3H3. The van der Waals surface area contributed by atoms with E-state index in [2.05, 4.69) is 0 Å². The van der Waals surface area contributed by atoms with Crippen LogP contribution >= 0.6 is 0 Å². The van der Waals surface area contributed by atoms with Crippen LogP contribution in [0.15, 0.2) is 0 Å². The molecule has 0 fully saturated rings. The highest BCUT2D eigenvalue weighted by Crippen LogP contribution is 2.28. The molecule has 0 radical (unpaired) electrons. The minimum absolute atomic E-state index is 0.0583. The van der Waals surface area contributed by atoms with E-state index in [0.29, 0.717) is 19.8 Å². The van der Waals surface area contributed by atoms with E-state index in [0.717, 1.165) is 0 Å². The van der Waals surface area contributed by atoms with Crippen LogP contribution in [-0.2, 0) is 13.3 Å². The van der Waals surface area contributed by atoms with E-state index in [4.69, 9.17) is 29.1 Å². The van der Waals surface area contributed by atoms with Gasteiger partial charge in [0.2, 0.25) is 5.41 Å². The molecule has 0 bridgehead atoms. The van der Waals surface area contributed by atoms with Gasteiger partial charge in [-0.05, 0) is 27.2 Å². The second kappa shape index (κ2) is 8.63. The van der Waals surface area contributed by atoms with Crippen molar-refractivity contribution in [1.82, 2.24) is 0 Å². The topological polar surface area (TPSA) is 99.1 Å². The maximum Gasteiger partial charge on any atom is 0.501 e. The molecular weight excluding hydrogens is 262 g/mol. The van der Waals surface area contributed by atoms with Crippen LogP contribution in [-0.4, -0.2) is 28.6 Å². The van der Waals surface area contributed by atoms with Gasteiger partial charge in [0, 0.05) is 25.9 Å². The van der Waals surface area contributed by atoms with Crippen LogP contribution in [0.4, 0.5) is 0 Å². The van der Waals surface area contributed by atoms with Crippen LogP contribution < -0.4 is 0 Å². The largest absolute Gasteiger partial charge is 0.501 e. The smallest absolute Gasteiger partial charge is 0.374 e. The first-order chi connectivity index (χ1) is 9.07. The first-order valence-electron chi connectivity index (χ1n) is 6.23. The van der Waals surface area contributed by atoms with Gasteiger partial charge in [-0.3, -0.25) is 0 Å². The van der Waals surface area contributed by atoms with Crippen molar-refractivity contribution >= 4 is 8.80 Å². The Kier molecular flexibility index (Phi) is 7.98. The molecule has 0 saturated carbocycles. The Labute approximate surface area is 115 Å². The molecule has 0 N–H and O–H groups in total. The lowest BCUT2D eigenvalue weighted by molar-refractivity contribution is 0.0699. The number of rotatable bonds is 9. The zero-order chi connectivity index (χ0) is 14.8. The summed E-state index contributed by atoms with van der Waals surface area (Å²) in [6.45, 7) is 6.74. The van der Waals surface area contributed by atoms with Gasteiger partial charge in [-0.1, -0.05) is 0 Å². The molecular formula is C12H19N3O3Si. The fourth-order valence-corrected chi connectivity index (χ4v) is 4.27. The Morgan fingerprint density at radius 3 is 1.47 bits per heavy atom. The van der Waals surface area contributed by atoms with Gasteiger partial charge in [-0.2, -0.15) is 15.8 Å². The summed E-state index contributed by atoms with van der Waals surface area (Å²) in [7, 11) is -2.91. The molecule has 0 aromatic carbocycles. The molecule has 0 aliphatic carbocycles. The molecule has 19 heavy (non-hydrogen) atoms. The lowest BCUT2D eigenvalue weighted by Gasteiger charge is -2.29. The van der Waals surface area contributed by atoms with E-state index in [1.54, 1.807) is 18.2 Å². The summed E-state index contributed by atoms with van der Waals surface area (Å²) in [5.74, 6) is 0. The molecule has 6 nitrogen and oxygen atoms in total. The molecule has 0 atom stereocenters. The van der Waals surface area contributed by atoms with Gasteiger partial charge in [0.25, 0.3) is 0 Å². The van der Waals surface area contributed by atoms with Crippen molar-refractivity contribution in [2.75, 3.05) is 19.8 Å². The van der Waals surface area contributed by atoms with Crippen molar-refractivity contribution in [1.29, 1.82) is 15.8 Å². The van der Waals surface area contributed by atoms with Crippen LogP contribution in [0, 0.1) is 39.4 Å². The van der Waals surface area contributed by atoms with E-state index in [1.807, 2.05) is 20.8 Å². The molecule has 104 valence electrons. The Morgan fingerprint density at radius 1 is 0.842 bits per heavy atom. The predicted octanol–water partition coefficient (Wildman–Crippen LogP) is 1.98. The SMILES string of the molecule is CCO[Si](CCC(C#N)(C#N)C#N)(OCC)OCC. The molecule has 0 unspecified atom stereocenters. The number of nitriles is 3. The van der Waals surface area contributed by atoms with E-state index in [9.17, 15) is 0 Å². The summed E-state index contributed by atoms with van der Waals surface area (Å²) in [4.78, 5) is 0. The van der Waals surface area contributed by atoms with Gasteiger partial charge in [-0.25, -0.2) is 0 Å². The van der Waals surface area contributed by atoms with E-state index in [1.165, 1.54) is 0 Å². The monoisotopic (exact) mass is 281 g/mol. The molecule has 0 saturated heterocycles. The number of nitrogens with zero attached hydrogens (tertiary/aromatic N) is 3. The minimum Gasteiger partial charge on any atom is -0.374 e. The van der Waals surface area contributed by atoms with Crippen molar-refractivity contribution in [3.05, 3.63) is 0 Å². The van der Waals surface area contributed by atoms with E-state index in [-0.39, 0.29) is 12.5 Å². The highest BCUT2D eigenvalue weighted by Gasteiger charge is 2.44. The zero-order valence-electron chi connectivity index (χ0n) is 11.6. The van der Waals surface area contributed by atoms with E-state index < -0.39 is 14.2 Å². The molecule has 0 amide bonds. The zero-order valence-corrected chi connectivity index (χ0v) is 12.6. The third-order valence-electron chi connectivity index (χ3n) is 2.47. The number of hydrogen-bond donors (Lipinski definition) is 0. The van der Waals surface area contributed by atoms with Gasteiger partial charge >= 0.3 is 8.80 Å². The fraction of sp³-hybridized carbons (Fsp3) is 0.750. The highest BCUT2D eigenvalue weighted by molar-refractivity contribution is 6.60. The Hall–Kier alpha value is -1.43. The Balaban J connectivity index is 4.98. The number of hydrogen-bond acceptors (Lipinski definition) is 6. The van der Waals surface area contributed by atoms with Crippen LogP contribution in [0.5, 0.6) is 0 Å². The summed E-state index contributed by atoms with van der Waals surface area (Å²) in [5.41, 5.74) is -1.66. The van der Waals surface area contributed by atoms with Crippen molar-refractivity contribution in [2.24, 2.45) is 5.41 Å². The third-order valence-corrected chi connectivity index (χ3v) is 5.52. The summed E-state index contributed by atoms with van der Waals surface area (Å²) < 4.78 is 16.8. The van der Waals surface area contributed by atoms with Crippen molar-refractivity contribution < 1.29 is 13.3 Å². The van der Waals surface area contributed by atoms with Crippen molar-refractivity contribution in [3.63, 3.8) is 0 Å². The van der Waals surface area contributed by atoms with Crippen molar-refractivity contribution in [2.45, 2.75) is 33.2 Å². The van der Waals surface area contributed by atoms with Gasteiger partial charge in [0.05, 0.1) is 0 Å². The summed E-state index contributed by atoms with van der Waals surface area (Å²) in [6, 6.07) is 5.52. The summed E-state index contributed by atoms with van der Waals surface area (Å²) in [6.07, 6.45) is 0.0583. The maximum absolute atomic E-state index is 8.96. The highest BCUT2D eigenvalue weighted by atomic mass is 28.4. The second-order valence-electron chi connectivity index (χ2n) is 3.72. The summed E-state index contributed by atoms with van der Waals surface area (Å²) >= 11 is 0. The van der Waals surface area contributed by atoms with Gasteiger partial charge in [0.1, 0.15) is 18.2 Å². The quantitative estimate of drug-likeness (QED) is 0.599. The first-order valence-corrected chi connectivity index (χ1v) is 8.16. The van der Waals surface area contributed by atoms with Gasteiger partial charge in [0.15, 0.2) is 0 Å². The minimum atomic E-state index is -2.91. The van der Waals surface area contributed by atoms with Gasteiger partial charge < -0.3 is 13.3 Å². The third kappa shape index (κ3) is 4.98. The van der Waals surface area contributed by atoms with Crippen molar-refractivity contribution in [3.8, 4) is 18.2 Å². The first kappa shape index (κ1) is 17.6. The molecule has 0 spiro atoms. The Morgan fingerprint density at radius 2 is 1.21 bits per heavy atom. The molecule has 0 aromatic rings. The molecule has 7 heteroatoms. The fourth-order valence-electron chi connectivity index (χ4n) is 1.58. The maximum atomic E-state index is 8.96. The summed E-state index contributed by atoms with van der Waals surface area (Å²) in [5, 5.41) is 26.9. The average Bonchev–Trinajstić information content (AvgIpc) is 2.42. The Bertz CT molecular complexity index is 341. The molecule has 0 aromatic heterocycles. The second-order valence-corrected chi connectivity index (χ2v) is 6.45. The predicted molar refractivity (Wildman–Crippen MR) is 69.3 cm³/mol. The molecule has 0 aliphatic heterocycles. The lowest BCUT2D eigenvalue weighted by Crippen LogP contribution is -2.46. The van der Waals surface area contributed by atoms with Crippen LogP contribution in [0.2, 0.25) is 6.04 Å². The van der Waals surface area contributed by atoms with Crippen LogP contribution in [0.3, 0.4) is 0 Å². The molecule has 0 rings (SSSR count). The lowest BCUT2D eigenvalue weighted by atomic mass is 9.91. The van der Waals surface area contributed by atoms with Crippen LogP contribution in [0.1, 0.15) is 27.2 Å². The molecule has 0 heterocycles. The normalized spacial score (nSPS) is 11.4. The van der Waals surface area contributed by atoms with E-state index >= 15 is 0 Å². The molecule has 0 aliphatic rings.